The molecular weight excluding hydrogens is 369 g/mol. The molecule has 3 aromatic rings. The average molecular weight is 381 g/mol. The maximum absolute atomic E-state index is 5.53. The number of para-hydroxylation sites is 1. The van der Waals surface area contributed by atoms with Crippen LogP contribution in [0.2, 0.25) is 0 Å². The molecule has 102 valence electrons. The number of anilines is 1. The monoisotopic (exact) mass is 381 g/mol. The predicted octanol–water partition coefficient (Wildman–Crippen LogP) is 3.85. The molecule has 0 aliphatic heterocycles. The largest absolute Gasteiger partial charge is 0.454 e. The van der Waals surface area contributed by atoms with E-state index in [1.807, 2.05) is 36.4 Å². The molecular formula is C14H12IN3O2. The van der Waals surface area contributed by atoms with E-state index in [9.17, 15) is 0 Å². The number of rotatable bonds is 4. The van der Waals surface area contributed by atoms with Crippen molar-refractivity contribution in [3.05, 3.63) is 51.8 Å². The van der Waals surface area contributed by atoms with Crippen LogP contribution in [0.3, 0.4) is 0 Å². The summed E-state index contributed by atoms with van der Waals surface area (Å²) in [7, 11) is 0. The fourth-order valence-corrected chi connectivity index (χ4v) is 2.32. The smallest absolute Gasteiger partial charge is 0.249 e. The lowest BCUT2D eigenvalue weighted by molar-refractivity contribution is 0.492. The fourth-order valence-electron chi connectivity index (χ4n) is 1.86. The van der Waals surface area contributed by atoms with E-state index in [2.05, 4.69) is 38.1 Å². The number of furan rings is 1. The molecule has 0 spiro atoms. The quantitative estimate of drug-likeness (QED) is 0.696. The summed E-state index contributed by atoms with van der Waals surface area (Å²) in [6, 6.07) is 11.7. The third kappa shape index (κ3) is 2.84. The van der Waals surface area contributed by atoms with Crippen molar-refractivity contribution >= 4 is 28.3 Å². The van der Waals surface area contributed by atoms with E-state index in [0.29, 0.717) is 18.3 Å². The van der Waals surface area contributed by atoms with E-state index < -0.39 is 0 Å². The highest BCUT2D eigenvalue weighted by molar-refractivity contribution is 14.1. The normalized spacial score (nSPS) is 10.7. The molecule has 0 unspecified atom stereocenters. The van der Waals surface area contributed by atoms with Crippen LogP contribution < -0.4 is 5.32 Å². The van der Waals surface area contributed by atoms with E-state index in [1.165, 1.54) is 0 Å². The van der Waals surface area contributed by atoms with Crippen molar-refractivity contribution in [3.8, 4) is 11.5 Å². The van der Waals surface area contributed by atoms with E-state index in [0.717, 1.165) is 20.8 Å². The lowest BCUT2D eigenvalue weighted by Crippen LogP contribution is -1.99. The molecule has 2 aromatic heterocycles. The topological polar surface area (TPSA) is 64.1 Å². The summed E-state index contributed by atoms with van der Waals surface area (Å²) in [5.74, 6) is 1.95. The van der Waals surface area contributed by atoms with Crippen molar-refractivity contribution in [1.82, 2.24) is 10.2 Å². The minimum absolute atomic E-state index is 0.514. The van der Waals surface area contributed by atoms with Crippen molar-refractivity contribution < 1.29 is 8.83 Å². The molecule has 0 bridgehead atoms. The van der Waals surface area contributed by atoms with Crippen LogP contribution in [0.25, 0.3) is 11.5 Å². The Hall–Kier alpha value is -1.83. The summed E-state index contributed by atoms with van der Waals surface area (Å²) < 4.78 is 11.9. The van der Waals surface area contributed by atoms with Gasteiger partial charge in [0.1, 0.15) is 5.76 Å². The Balaban J connectivity index is 1.83. The SMILES string of the molecule is Cc1nnc(-c2ccccc2NCc2ccc(I)o2)o1. The van der Waals surface area contributed by atoms with E-state index >= 15 is 0 Å². The molecule has 2 heterocycles. The van der Waals surface area contributed by atoms with Crippen LogP contribution in [0.4, 0.5) is 5.69 Å². The van der Waals surface area contributed by atoms with Gasteiger partial charge in [-0.3, -0.25) is 0 Å². The first-order valence-corrected chi connectivity index (χ1v) is 7.18. The van der Waals surface area contributed by atoms with E-state index in [1.54, 1.807) is 6.92 Å². The van der Waals surface area contributed by atoms with Crippen LogP contribution in [-0.4, -0.2) is 10.2 Å². The number of nitrogens with one attached hydrogen (secondary N) is 1. The lowest BCUT2D eigenvalue weighted by Gasteiger charge is -2.08. The number of hydrogen-bond acceptors (Lipinski definition) is 5. The van der Waals surface area contributed by atoms with Gasteiger partial charge in [0.05, 0.1) is 12.1 Å². The Morgan fingerprint density at radius 2 is 1.95 bits per heavy atom. The molecule has 0 aliphatic carbocycles. The minimum atomic E-state index is 0.514. The molecule has 0 amide bonds. The molecule has 0 fully saturated rings. The van der Waals surface area contributed by atoms with Gasteiger partial charge in [0, 0.05) is 12.6 Å². The van der Waals surface area contributed by atoms with Crippen molar-refractivity contribution in [2.75, 3.05) is 5.32 Å². The number of aryl methyl sites for hydroxylation is 1. The summed E-state index contributed by atoms with van der Waals surface area (Å²) in [6.07, 6.45) is 0. The molecule has 1 aromatic carbocycles. The summed E-state index contributed by atoms with van der Waals surface area (Å²) in [5, 5.41) is 11.2. The Morgan fingerprint density at radius 1 is 1.10 bits per heavy atom. The van der Waals surface area contributed by atoms with Gasteiger partial charge in [-0.1, -0.05) is 12.1 Å². The number of hydrogen-bond donors (Lipinski definition) is 1. The van der Waals surface area contributed by atoms with Gasteiger partial charge in [-0.15, -0.1) is 10.2 Å². The van der Waals surface area contributed by atoms with Gasteiger partial charge >= 0.3 is 0 Å². The maximum Gasteiger partial charge on any atom is 0.249 e. The zero-order valence-electron chi connectivity index (χ0n) is 10.8. The van der Waals surface area contributed by atoms with Crippen LogP contribution in [-0.2, 0) is 6.54 Å². The summed E-state index contributed by atoms with van der Waals surface area (Å²) in [5.41, 5.74) is 1.82. The maximum atomic E-state index is 5.53. The summed E-state index contributed by atoms with van der Waals surface area (Å²) in [4.78, 5) is 0. The lowest BCUT2D eigenvalue weighted by atomic mass is 10.1. The Bertz CT molecular complexity index is 721. The third-order valence-electron chi connectivity index (χ3n) is 2.77. The molecule has 20 heavy (non-hydrogen) atoms. The van der Waals surface area contributed by atoms with Gasteiger partial charge in [-0.05, 0) is 46.9 Å². The Kier molecular flexibility index (Phi) is 3.72. The molecule has 6 heteroatoms. The van der Waals surface area contributed by atoms with Gasteiger partial charge in [0.2, 0.25) is 11.8 Å². The minimum Gasteiger partial charge on any atom is -0.454 e. The standard InChI is InChI=1S/C14H12IN3O2/c1-9-17-18-14(19-9)11-4-2-3-5-12(11)16-8-10-6-7-13(15)20-10/h2-7,16H,8H2,1H3. The molecule has 0 saturated carbocycles. The van der Waals surface area contributed by atoms with Crippen molar-refractivity contribution in [1.29, 1.82) is 0 Å². The zero-order chi connectivity index (χ0) is 13.9. The molecule has 0 saturated heterocycles. The highest BCUT2D eigenvalue weighted by Gasteiger charge is 2.11. The summed E-state index contributed by atoms with van der Waals surface area (Å²) >= 11 is 2.15. The van der Waals surface area contributed by atoms with Crippen LogP contribution in [0, 0.1) is 10.7 Å². The second-order valence-corrected chi connectivity index (χ2v) is 5.29. The second-order valence-electron chi connectivity index (χ2n) is 4.23. The first-order valence-electron chi connectivity index (χ1n) is 6.10. The predicted molar refractivity (Wildman–Crippen MR) is 83.2 cm³/mol. The van der Waals surface area contributed by atoms with Gasteiger partial charge in [0.25, 0.3) is 0 Å². The number of halogens is 1. The van der Waals surface area contributed by atoms with E-state index in [4.69, 9.17) is 8.83 Å². The third-order valence-corrected chi connectivity index (χ3v) is 3.35. The highest BCUT2D eigenvalue weighted by Crippen LogP contribution is 2.27. The Morgan fingerprint density at radius 3 is 2.65 bits per heavy atom. The Labute approximate surface area is 129 Å². The number of aromatic nitrogens is 2. The van der Waals surface area contributed by atoms with Crippen molar-refractivity contribution in [3.63, 3.8) is 0 Å². The molecule has 0 aliphatic rings. The van der Waals surface area contributed by atoms with Crippen LogP contribution >= 0.6 is 22.6 Å². The van der Waals surface area contributed by atoms with Crippen molar-refractivity contribution in [2.24, 2.45) is 0 Å². The van der Waals surface area contributed by atoms with Gasteiger partial charge in [0.15, 0.2) is 3.77 Å². The first-order chi connectivity index (χ1) is 9.72. The van der Waals surface area contributed by atoms with Crippen LogP contribution in [0.1, 0.15) is 11.7 Å². The van der Waals surface area contributed by atoms with Crippen LogP contribution in [0.5, 0.6) is 0 Å². The average Bonchev–Trinajstić information content (AvgIpc) is 3.06. The molecule has 3 rings (SSSR count). The second kappa shape index (κ2) is 5.66. The molecule has 5 nitrogen and oxygen atoms in total. The van der Waals surface area contributed by atoms with Gasteiger partial charge < -0.3 is 14.2 Å². The number of nitrogens with zero attached hydrogens (tertiary/aromatic N) is 2. The first kappa shape index (κ1) is 13.2. The summed E-state index contributed by atoms with van der Waals surface area (Å²) in [6.45, 7) is 2.38. The van der Waals surface area contributed by atoms with Crippen LogP contribution in [0.15, 0.2) is 45.2 Å². The van der Waals surface area contributed by atoms with Gasteiger partial charge in [-0.25, -0.2) is 0 Å². The zero-order valence-corrected chi connectivity index (χ0v) is 12.9. The van der Waals surface area contributed by atoms with Crippen molar-refractivity contribution in [2.45, 2.75) is 13.5 Å². The highest BCUT2D eigenvalue weighted by atomic mass is 127. The number of benzene rings is 1. The molecule has 0 radical (unpaired) electrons. The molecule has 1 N–H and O–H groups in total. The fraction of sp³-hybridized carbons (Fsp3) is 0.143. The van der Waals surface area contributed by atoms with Gasteiger partial charge in [-0.2, -0.15) is 0 Å². The van der Waals surface area contributed by atoms with E-state index in [-0.39, 0.29) is 0 Å². The molecule has 0 atom stereocenters.